The molecule has 0 aliphatic rings. The fraction of sp³-hybridized carbons (Fsp3) is 0.538. The highest BCUT2D eigenvalue weighted by Crippen LogP contribution is 2.24. The van der Waals surface area contributed by atoms with Crippen molar-refractivity contribution in [1.82, 2.24) is 4.31 Å². The number of anilines is 2. The molecule has 0 spiro atoms. The van der Waals surface area contributed by atoms with Gasteiger partial charge in [0.15, 0.2) is 0 Å². The smallest absolute Gasteiger partial charge is 0.242 e. The molecule has 6 heteroatoms. The van der Waals surface area contributed by atoms with Gasteiger partial charge in [-0.25, -0.2) is 12.7 Å². The maximum atomic E-state index is 12.0. The van der Waals surface area contributed by atoms with Crippen molar-refractivity contribution in [3.63, 3.8) is 0 Å². The maximum absolute atomic E-state index is 12.0. The topological polar surface area (TPSA) is 75.4 Å². The third-order valence-electron chi connectivity index (χ3n) is 2.84. The third-order valence-corrected chi connectivity index (χ3v) is 4.65. The number of nitrogens with two attached hydrogens (primary N) is 1. The Morgan fingerprint density at radius 1 is 1.32 bits per heavy atom. The van der Waals surface area contributed by atoms with Crippen LogP contribution in [0.1, 0.15) is 20.3 Å². The van der Waals surface area contributed by atoms with Gasteiger partial charge in [0.25, 0.3) is 0 Å². The lowest BCUT2D eigenvalue weighted by atomic mass is 10.1. The van der Waals surface area contributed by atoms with E-state index in [1.165, 1.54) is 24.5 Å². The summed E-state index contributed by atoms with van der Waals surface area (Å²) in [7, 11) is -0.397. The van der Waals surface area contributed by atoms with Crippen LogP contribution in [-0.4, -0.2) is 33.4 Å². The predicted octanol–water partition coefficient (Wildman–Crippen LogP) is 1.98. The standard InChI is InChI=1S/C13H23N3O2S/c1-10(2)7-8-15-13-9-11(5-6-12(13)14)19(17,18)16(3)4/h5-6,9-10,15H,7-8,14H2,1-4H3. The lowest BCUT2D eigenvalue weighted by Gasteiger charge is -2.15. The Hall–Kier alpha value is -1.27. The van der Waals surface area contributed by atoms with E-state index in [4.69, 9.17) is 5.73 Å². The average Bonchev–Trinajstić information content (AvgIpc) is 2.30. The van der Waals surface area contributed by atoms with Crippen LogP contribution in [0.15, 0.2) is 23.1 Å². The fourth-order valence-corrected chi connectivity index (χ4v) is 2.48. The number of nitrogen functional groups attached to an aromatic ring is 1. The second-order valence-electron chi connectivity index (χ2n) is 5.15. The first kappa shape index (κ1) is 15.8. The minimum absolute atomic E-state index is 0.249. The van der Waals surface area contributed by atoms with E-state index < -0.39 is 10.0 Å². The van der Waals surface area contributed by atoms with Gasteiger partial charge in [-0.05, 0) is 30.5 Å². The molecule has 108 valence electrons. The number of hydrogen-bond donors (Lipinski definition) is 2. The van der Waals surface area contributed by atoms with Crippen LogP contribution in [0.4, 0.5) is 11.4 Å². The van der Waals surface area contributed by atoms with E-state index in [-0.39, 0.29) is 4.90 Å². The minimum atomic E-state index is -3.42. The van der Waals surface area contributed by atoms with Crippen LogP contribution in [-0.2, 0) is 10.0 Å². The number of benzene rings is 1. The van der Waals surface area contributed by atoms with Gasteiger partial charge in [-0.2, -0.15) is 0 Å². The van der Waals surface area contributed by atoms with Crippen molar-refractivity contribution in [2.45, 2.75) is 25.2 Å². The summed E-state index contributed by atoms with van der Waals surface area (Å²) < 4.78 is 25.3. The Bertz CT molecular complexity index is 525. The van der Waals surface area contributed by atoms with E-state index in [1.807, 2.05) is 0 Å². The van der Waals surface area contributed by atoms with Crippen LogP contribution < -0.4 is 11.1 Å². The van der Waals surface area contributed by atoms with Gasteiger partial charge < -0.3 is 11.1 Å². The molecular weight excluding hydrogens is 262 g/mol. The molecule has 0 bridgehead atoms. The van der Waals surface area contributed by atoms with Crippen LogP contribution in [0, 0.1) is 5.92 Å². The highest BCUT2D eigenvalue weighted by Gasteiger charge is 2.18. The molecule has 1 aromatic rings. The van der Waals surface area contributed by atoms with Crippen LogP contribution in [0.2, 0.25) is 0 Å². The molecule has 0 radical (unpaired) electrons. The Kier molecular flexibility index (Phi) is 5.20. The average molecular weight is 285 g/mol. The van der Waals surface area contributed by atoms with Gasteiger partial charge in [-0.3, -0.25) is 0 Å². The Morgan fingerprint density at radius 3 is 2.47 bits per heavy atom. The molecule has 0 saturated carbocycles. The van der Waals surface area contributed by atoms with Crippen molar-refractivity contribution in [1.29, 1.82) is 0 Å². The summed E-state index contributed by atoms with van der Waals surface area (Å²) >= 11 is 0. The maximum Gasteiger partial charge on any atom is 0.242 e. The second-order valence-corrected chi connectivity index (χ2v) is 7.30. The zero-order valence-electron chi connectivity index (χ0n) is 12.0. The van der Waals surface area contributed by atoms with Gasteiger partial charge in [0.05, 0.1) is 16.3 Å². The van der Waals surface area contributed by atoms with E-state index in [2.05, 4.69) is 19.2 Å². The first-order valence-corrected chi connectivity index (χ1v) is 7.75. The SMILES string of the molecule is CC(C)CCNc1cc(S(=O)(=O)N(C)C)ccc1N. The molecular formula is C13H23N3O2S. The molecule has 5 nitrogen and oxygen atoms in total. The van der Waals surface area contributed by atoms with E-state index in [9.17, 15) is 8.42 Å². The Morgan fingerprint density at radius 2 is 1.95 bits per heavy atom. The van der Waals surface area contributed by atoms with Gasteiger partial charge in [0.1, 0.15) is 0 Å². The van der Waals surface area contributed by atoms with Gasteiger partial charge in [0.2, 0.25) is 10.0 Å². The molecule has 3 N–H and O–H groups in total. The van der Waals surface area contributed by atoms with Crippen LogP contribution in [0.3, 0.4) is 0 Å². The van der Waals surface area contributed by atoms with Crippen molar-refractivity contribution in [3.05, 3.63) is 18.2 Å². The monoisotopic (exact) mass is 285 g/mol. The fourth-order valence-electron chi connectivity index (χ4n) is 1.56. The van der Waals surface area contributed by atoms with Crippen LogP contribution >= 0.6 is 0 Å². The molecule has 1 rings (SSSR count). The predicted molar refractivity (Wildman–Crippen MR) is 79.7 cm³/mol. The summed E-state index contributed by atoms with van der Waals surface area (Å²) in [5.74, 6) is 0.586. The molecule has 0 aliphatic heterocycles. The molecule has 0 aromatic heterocycles. The zero-order valence-corrected chi connectivity index (χ0v) is 12.8. The molecule has 0 unspecified atom stereocenters. The zero-order chi connectivity index (χ0) is 14.6. The Labute approximate surface area is 115 Å². The number of rotatable bonds is 6. The van der Waals surface area contributed by atoms with Crippen molar-refractivity contribution >= 4 is 21.4 Å². The van der Waals surface area contributed by atoms with Gasteiger partial charge >= 0.3 is 0 Å². The summed E-state index contributed by atoms with van der Waals surface area (Å²) in [6, 6.07) is 4.73. The summed E-state index contributed by atoms with van der Waals surface area (Å²) in [5.41, 5.74) is 7.08. The van der Waals surface area contributed by atoms with E-state index in [0.717, 1.165) is 13.0 Å². The Balaban J connectivity index is 2.95. The summed E-state index contributed by atoms with van der Waals surface area (Å²) in [5, 5.41) is 3.19. The lowest BCUT2D eigenvalue weighted by Crippen LogP contribution is -2.22. The van der Waals surface area contributed by atoms with Crippen molar-refractivity contribution in [3.8, 4) is 0 Å². The molecule has 0 heterocycles. The second kappa shape index (κ2) is 6.25. The van der Waals surface area contributed by atoms with Crippen molar-refractivity contribution < 1.29 is 8.42 Å². The largest absolute Gasteiger partial charge is 0.397 e. The van der Waals surface area contributed by atoms with E-state index in [1.54, 1.807) is 12.1 Å². The van der Waals surface area contributed by atoms with Crippen molar-refractivity contribution in [2.24, 2.45) is 5.92 Å². The van der Waals surface area contributed by atoms with Crippen LogP contribution in [0.5, 0.6) is 0 Å². The molecule has 0 atom stereocenters. The van der Waals surface area contributed by atoms with Gasteiger partial charge in [-0.15, -0.1) is 0 Å². The summed E-state index contributed by atoms with van der Waals surface area (Å²) in [6.45, 7) is 5.04. The number of sulfonamides is 1. The molecule has 0 saturated heterocycles. The third kappa shape index (κ3) is 4.11. The first-order chi connectivity index (χ1) is 8.75. The van der Waals surface area contributed by atoms with Gasteiger partial charge in [0, 0.05) is 20.6 Å². The number of nitrogens with one attached hydrogen (secondary N) is 1. The lowest BCUT2D eigenvalue weighted by molar-refractivity contribution is 0.521. The quantitative estimate of drug-likeness (QED) is 0.784. The van der Waals surface area contributed by atoms with Gasteiger partial charge in [-0.1, -0.05) is 13.8 Å². The number of nitrogens with zero attached hydrogens (tertiary/aromatic N) is 1. The summed E-state index contributed by atoms with van der Waals surface area (Å²) in [4.78, 5) is 0.249. The molecule has 0 aliphatic carbocycles. The minimum Gasteiger partial charge on any atom is -0.397 e. The molecule has 0 fully saturated rings. The highest BCUT2D eigenvalue weighted by molar-refractivity contribution is 7.89. The molecule has 0 amide bonds. The highest BCUT2D eigenvalue weighted by atomic mass is 32.2. The molecule has 19 heavy (non-hydrogen) atoms. The first-order valence-electron chi connectivity index (χ1n) is 6.31. The van der Waals surface area contributed by atoms with Crippen molar-refractivity contribution in [2.75, 3.05) is 31.7 Å². The number of hydrogen-bond acceptors (Lipinski definition) is 4. The van der Waals surface area contributed by atoms with E-state index in [0.29, 0.717) is 17.3 Å². The molecule has 1 aromatic carbocycles. The van der Waals surface area contributed by atoms with E-state index >= 15 is 0 Å². The van der Waals surface area contributed by atoms with Crippen LogP contribution in [0.25, 0.3) is 0 Å². The normalized spacial score (nSPS) is 12.1. The summed E-state index contributed by atoms with van der Waals surface area (Å²) in [6.07, 6.45) is 1.00.